The molecule has 32 heavy (non-hydrogen) atoms. The molecule has 168 valence electrons. The number of carbonyl (C=O) groups is 1. The van der Waals surface area contributed by atoms with Crippen molar-refractivity contribution in [3.63, 3.8) is 0 Å². The van der Waals surface area contributed by atoms with Crippen molar-refractivity contribution in [3.8, 4) is 16.8 Å². The number of methoxy groups -OCH3 is 1. The molecule has 1 fully saturated rings. The Balaban J connectivity index is 1.72. The first-order valence-electron chi connectivity index (χ1n) is 10.9. The molecule has 1 heterocycles. The quantitative estimate of drug-likeness (QED) is 0.420. The van der Waals surface area contributed by atoms with Crippen molar-refractivity contribution >= 4 is 5.97 Å². The average molecular weight is 435 g/mol. The van der Waals surface area contributed by atoms with Crippen molar-refractivity contribution in [3.05, 3.63) is 71.0 Å². The number of ether oxygens (including phenoxy) is 2. The molecule has 1 atom stereocenters. The molecule has 0 aliphatic heterocycles. The van der Waals surface area contributed by atoms with Gasteiger partial charge in [-0.1, -0.05) is 24.3 Å². The van der Waals surface area contributed by atoms with Gasteiger partial charge in [0.25, 0.3) is 0 Å². The van der Waals surface area contributed by atoms with Gasteiger partial charge in [-0.15, -0.1) is 0 Å². The molecular weight excluding hydrogens is 404 g/mol. The molecule has 1 aliphatic rings. The molecule has 1 N–H and O–H groups in total. The van der Waals surface area contributed by atoms with Gasteiger partial charge >= 0.3 is 5.97 Å². The van der Waals surface area contributed by atoms with Gasteiger partial charge < -0.3 is 14.6 Å². The highest BCUT2D eigenvalue weighted by atomic mass is 16.6. The molecule has 0 bridgehead atoms. The standard InChI is InChI=1S/C26H30N2O4/c1-16-22(25(30)31-5)23(17-12-13-17)28(27-16)21-11-7-9-19(15-21)18-8-6-10-20(14-18)24(29)32-26(2,3)4/h6-11,14-15,17,25,30H,12-13H2,1-5H3. The fourth-order valence-electron chi connectivity index (χ4n) is 3.91. The van der Waals surface area contributed by atoms with Crippen LogP contribution in [0, 0.1) is 6.92 Å². The largest absolute Gasteiger partial charge is 0.456 e. The van der Waals surface area contributed by atoms with Crippen LogP contribution in [0.15, 0.2) is 48.5 Å². The van der Waals surface area contributed by atoms with Crippen LogP contribution in [0.2, 0.25) is 0 Å². The minimum atomic E-state index is -0.993. The molecule has 1 aromatic heterocycles. The van der Waals surface area contributed by atoms with Gasteiger partial charge in [-0.25, -0.2) is 9.48 Å². The Kier molecular flexibility index (Phi) is 5.93. The molecule has 1 aliphatic carbocycles. The third-order valence-corrected chi connectivity index (χ3v) is 5.50. The van der Waals surface area contributed by atoms with Crippen molar-refractivity contribution in [1.82, 2.24) is 9.78 Å². The van der Waals surface area contributed by atoms with Crippen molar-refractivity contribution in [2.24, 2.45) is 0 Å². The van der Waals surface area contributed by atoms with E-state index in [9.17, 15) is 9.90 Å². The van der Waals surface area contributed by atoms with Crippen molar-refractivity contribution in [2.75, 3.05) is 7.11 Å². The third-order valence-electron chi connectivity index (χ3n) is 5.50. The summed E-state index contributed by atoms with van der Waals surface area (Å²) in [6, 6.07) is 15.5. The molecule has 2 aromatic carbocycles. The first-order chi connectivity index (χ1) is 15.2. The fraction of sp³-hybridized carbons (Fsp3) is 0.385. The minimum Gasteiger partial charge on any atom is -0.456 e. The van der Waals surface area contributed by atoms with Gasteiger partial charge in [0, 0.05) is 13.0 Å². The molecule has 4 rings (SSSR count). The number of hydrogen-bond acceptors (Lipinski definition) is 5. The Morgan fingerprint density at radius 1 is 1.12 bits per heavy atom. The van der Waals surface area contributed by atoms with E-state index in [1.54, 1.807) is 6.07 Å². The van der Waals surface area contributed by atoms with Crippen molar-refractivity contribution in [1.29, 1.82) is 0 Å². The van der Waals surface area contributed by atoms with Gasteiger partial charge in [-0.05, 0) is 75.9 Å². The first-order valence-corrected chi connectivity index (χ1v) is 10.9. The maximum Gasteiger partial charge on any atom is 0.338 e. The van der Waals surface area contributed by atoms with Crippen LogP contribution in [0.4, 0.5) is 0 Å². The molecule has 0 radical (unpaired) electrons. The highest BCUT2D eigenvalue weighted by molar-refractivity contribution is 5.91. The lowest BCUT2D eigenvalue weighted by atomic mass is 10.0. The van der Waals surface area contributed by atoms with E-state index in [1.807, 2.05) is 68.8 Å². The molecule has 6 nitrogen and oxygen atoms in total. The van der Waals surface area contributed by atoms with E-state index < -0.39 is 11.9 Å². The maximum atomic E-state index is 12.5. The third kappa shape index (κ3) is 4.61. The zero-order valence-corrected chi connectivity index (χ0v) is 19.3. The van der Waals surface area contributed by atoms with E-state index in [2.05, 4.69) is 6.07 Å². The summed E-state index contributed by atoms with van der Waals surface area (Å²) in [6.07, 6.45) is 1.16. The second kappa shape index (κ2) is 8.52. The Hall–Kier alpha value is -2.96. The molecule has 6 heteroatoms. The molecule has 0 saturated heterocycles. The van der Waals surface area contributed by atoms with Crippen LogP contribution in [0.3, 0.4) is 0 Å². The minimum absolute atomic E-state index is 0.340. The lowest BCUT2D eigenvalue weighted by molar-refractivity contribution is -0.0779. The van der Waals surface area contributed by atoms with Gasteiger partial charge in [0.1, 0.15) is 5.60 Å². The van der Waals surface area contributed by atoms with Gasteiger partial charge in [0.2, 0.25) is 0 Å². The summed E-state index contributed by atoms with van der Waals surface area (Å²) in [7, 11) is 1.50. The summed E-state index contributed by atoms with van der Waals surface area (Å²) in [4.78, 5) is 12.5. The second-order valence-electron chi connectivity index (χ2n) is 9.29. The summed E-state index contributed by atoms with van der Waals surface area (Å²) in [6.45, 7) is 7.47. The Morgan fingerprint density at radius 2 is 1.78 bits per heavy atom. The van der Waals surface area contributed by atoms with Crippen LogP contribution < -0.4 is 0 Å². The van der Waals surface area contributed by atoms with Crippen LogP contribution in [0.5, 0.6) is 0 Å². The van der Waals surface area contributed by atoms with E-state index in [1.165, 1.54) is 7.11 Å². The monoisotopic (exact) mass is 434 g/mol. The van der Waals surface area contributed by atoms with E-state index in [4.69, 9.17) is 14.6 Å². The smallest absolute Gasteiger partial charge is 0.338 e. The average Bonchev–Trinajstić information content (AvgIpc) is 3.54. The lowest BCUT2D eigenvalue weighted by Crippen LogP contribution is -2.23. The number of benzene rings is 2. The molecular formula is C26H30N2O4. The Bertz CT molecular complexity index is 1140. The summed E-state index contributed by atoms with van der Waals surface area (Å²) in [5.74, 6) is 0.0302. The number of aliphatic hydroxyl groups excluding tert-OH is 1. The summed E-state index contributed by atoms with van der Waals surface area (Å²) >= 11 is 0. The van der Waals surface area contributed by atoms with Gasteiger partial charge in [0.15, 0.2) is 6.29 Å². The zero-order chi connectivity index (χ0) is 23.0. The van der Waals surface area contributed by atoms with Crippen molar-refractivity contribution in [2.45, 2.75) is 58.3 Å². The Labute approximate surface area is 188 Å². The number of hydrogen-bond donors (Lipinski definition) is 1. The molecule has 1 unspecified atom stereocenters. The van der Waals surface area contributed by atoms with Crippen LogP contribution in [-0.2, 0) is 9.47 Å². The highest BCUT2D eigenvalue weighted by Crippen LogP contribution is 2.45. The molecule has 1 saturated carbocycles. The molecule has 0 spiro atoms. The zero-order valence-electron chi connectivity index (χ0n) is 19.3. The Morgan fingerprint density at radius 3 is 2.41 bits per heavy atom. The van der Waals surface area contributed by atoms with Gasteiger partial charge in [-0.3, -0.25) is 0 Å². The number of rotatable bonds is 6. The normalized spacial score (nSPS) is 14.9. The maximum absolute atomic E-state index is 12.5. The van der Waals surface area contributed by atoms with E-state index in [0.29, 0.717) is 11.5 Å². The highest BCUT2D eigenvalue weighted by Gasteiger charge is 2.34. The predicted molar refractivity (Wildman–Crippen MR) is 123 cm³/mol. The van der Waals surface area contributed by atoms with Gasteiger partial charge in [-0.2, -0.15) is 5.10 Å². The fourth-order valence-corrected chi connectivity index (χ4v) is 3.91. The van der Waals surface area contributed by atoms with Gasteiger partial charge in [0.05, 0.1) is 28.2 Å². The van der Waals surface area contributed by atoms with E-state index in [-0.39, 0.29) is 5.97 Å². The first kappa shape index (κ1) is 22.2. The summed E-state index contributed by atoms with van der Waals surface area (Å²) in [5, 5.41) is 15.1. The number of aromatic nitrogens is 2. The van der Waals surface area contributed by atoms with Crippen molar-refractivity contribution < 1.29 is 19.4 Å². The number of nitrogens with zero attached hydrogens (tertiary/aromatic N) is 2. The van der Waals surface area contributed by atoms with E-state index in [0.717, 1.165) is 46.6 Å². The van der Waals surface area contributed by atoms with Crippen LogP contribution in [0.25, 0.3) is 16.8 Å². The summed E-state index contributed by atoms with van der Waals surface area (Å²) in [5.41, 5.74) is 5.30. The molecule has 0 amide bonds. The number of aryl methyl sites for hydroxylation is 1. The van der Waals surface area contributed by atoms with E-state index >= 15 is 0 Å². The van der Waals surface area contributed by atoms with Crippen LogP contribution >= 0.6 is 0 Å². The predicted octanol–water partition coefficient (Wildman–Crippen LogP) is 5.32. The number of carbonyl (C=O) groups excluding carboxylic acids is 1. The second-order valence-corrected chi connectivity index (χ2v) is 9.29. The van der Waals surface area contributed by atoms with Crippen LogP contribution in [-0.4, -0.2) is 33.6 Å². The topological polar surface area (TPSA) is 73.6 Å². The lowest BCUT2D eigenvalue weighted by Gasteiger charge is -2.19. The summed E-state index contributed by atoms with van der Waals surface area (Å²) < 4.78 is 12.6. The SMILES string of the molecule is COC(O)c1c(C)nn(-c2cccc(-c3cccc(C(=O)OC(C)(C)C)c3)c2)c1C1CC1. The number of aliphatic hydroxyl groups is 1. The van der Waals surface area contributed by atoms with Crippen LogP contribution in [0.1, 0.15) is 73.1 Å². The molecule has 3 aromatic rings. The number of esters is 1.